The Hall–Kier alpha value is -0.590. The van der Waals surface area contributed by atoms with Crippen molar-refractivity contribution in [2.45, 2.75) is 19.5 Å². The van der Waals surface area contributed by atoms with E-state index < -0.39 is 0 Å². The van der Waals surface area contributed by atoms with Gasteiger partial charge in [-0.1, -0.05) is 6.07 Å². The van der Waals surface area contributed by atoms with E-state index in [0.717, 1.165) is 42.7 Å². The molecule has 0 aromatic carbocycles. The molecule has 1 atom stereocenters. The second-order valence-electron chi connectivity index (χ2n) is 4.62. The van der Waals surface area contributed by atoms with E-state index in [1.807, 2.05) is 12.3 Å². The minimum Gasteiger partial charge on any atom is -0.438 e. The fourth-order valence-electron chi connectivity index (χ4n) is 2.21. The summed E-state index contributed by atoms with van der Waals surface area (Å²) in [6.07, 6.45) is 1.83. The van der Waals surface area contributed by atoms with Gasteiger partial charge in [0.05, 0.1) is 17.6 Å². The Morgan fingerprint density at radius 3 is 3.05 bits per heavy atom. The molecule has 3 heterocycles. The molecule has 1 aliphatic rings. The summed E-state index contributed by atoms with van der Waals surface area (Å²) in [4.78, 5) is 7.92. The second kappa shape index (κ2) is 8.00. The topological polar surface area (TPSA) is 41.3 Å². The minimum absolute atomic E-state index is 0. The molecular formula is C13H19Cl2N3OS. The molecule has 7 heteroatoms. The molecule has 0 spiro atoms. The zero-order chi connectivity index (χ0) is 12.4. The molecule has 2 aromatic rings. The van der Waals surface area contributed by atoms with E-state index in [9.17, 15) is 0 Å². The lowest BCUT2D eigenvalue weighted by molar-refractivity contribution is 0.151. The van der Waals surface area contributed by atoms with Crippen molar-refractivity contribution in [3.63, 3.8) is 0 Å². The van der Waals surface area contributed by atoms with Crippen molar-refractivity contribution in [2.24, 2.45) is 0 Å². The third kappa shape index (κ3) is 3.96. The fourth-order valence-corrected chi connectivity index (χ4v) is 2.88. The zero-order valence-corrected chi connectivity index (χ0v) is 13.7. The first kappa shape index (κ1) is 17.5. The Kier molecular flexibility index (Phi) is 6.99. The Morgan fingerprint density at radius 1 is 1.50 bits per heavy atom. The number of hydrogen-bond acceptors (Lipinski definition) is 5. The van der Waals surface area contributed by atoms with E-state index in [0.29, 0.717) is 6.04 Å². The number of nitrogens with one attached hydrogen (secondary N) is 1. The number of halogens is 2. The van der Waals surface area contributed by atoms with Crippen LogP contribution < -0.4 is 5.32 Å². The number of oxazole rings is 1. The van der Waals surface area contributed by atoms with Gasteiger partial charge in [0.2, 0.25) is 5.89 Å². The molecule has 20 heavy (non-hydrogen) atoms. The predicted octanol–water partition coefficient (Wildman–Crippen LogP) is 3.04. The van der Waals surface area contributed by atoms with Crippen molar-refractivity contribution in [3.8, 4) is 10.6 Å². The largest absolute Gasteiger partial charge is 0.438 e. The Balaban J connectivity index is 0.000001000. The monoisotopic (exact) mass is 335 g/mol. The lowest BCUT2D eigenvalue weighted by Crippen LogP contribution is -2.49. The lowest BCUT2D eigenvalue weighted by atomic mass is 10.2. The highest BCUT2D eigenvalue weighted by Crippen LogP contribution is 2.25. The highest BCUT2D eigenvalue weighted by atomic mass is 35.5. The molecule has 0 aliphatic carbocycles. The van der Waals surface area contributed by atoms with Gasteiger partial charge in [-0.2, -0.15) is 0 Å². The molecule has 1 N–H and O–H groups in total. The van der Waals surface area contributed by atoms with E-state index in [1.54, 1.807) is 11.3 Å². The summed E-state index contributed by atoms with van der Waals surface area (Å²) >= 11 is 1.68. The predicted molar refractivity (Wildman–Crippen MR) is 87.1 cm³/mol. The number of aromatic nitrogens is 1. The number of rotatable bonds is 3. The first-order valence-electron chi connectivity index (χ1n) is 6.26. The van der Waals surface area contributed by atoms with Gasteiger partial charge in [0, 0.05) is 25.7 Å². The van der Waals surface area contributed by atoms with Gasteiger partial charge in [0.15, 0.2) is 5.76 Å². The van der Waals surface area contributed by atoms with Gasteiger partial charge in [-0.25, -0.2) is 4.98 Å². The molecule has 0 bridgehead atoms. The van der Waals surface area contributed by atoms with Crippen molar-refractivity contribution in [3.05, 3.63) is 29.6 Å². The van der Waals surface area contributed by atoms with Gasteiger partial charge in [-0.3, -0.25) is 4.90 Å². The third-order valence-corrected chi connectivity index (χ3v) is 4.18. The molecule has 2 aromatic heterocycles. The van der Waals surface area contributed by atoms with Crippen LogP contribution in [0.2, 0.25) is 0 Å². The van der Waals surface area contributed by atoms with Crippen molar-refractivity contribution >= 4 is 36.2 Å². The summed E-state index contributed by atoms with van der Waals surface area (Å²) in [5.41, 5.74) is 0. The van der Waals surface area contributed by atoms with Gasteiger partial charge in [0.25, 0.3) is 0 Å². The average Bonchev–Trinajstić information content (AvgIpc) is 3.02. The SMILES string of the molecule is C[C@@H]1CNCCN1Cc1ncc(-c2cccs2)o1.Cl.Cl. The zero-order valence-electron chi connectivity index (χ0n) is 11.2. The smallest absolute Gasteiger partial charge is 0.209 e. The van der Waals surface area contributed by atoms with Crippen LogP contribution in [0.15, 0.2) is 28.1 Å². The molecular weight excluding hydrogens is 317 g/mol. The van der Waals surface area contributed by atoms with Crippen molar-refractivity contribution in [1.82, 2.24) is 15.2 Å². The first-order valence-corrected chi connectivity index (χ1v) is 7.14. The van der Waals surface area contributed by atoms with Gasteiger partial charge < -0.3 is 9.73 Å². The molecule has 0 amide bonds. The fraction of sp³-hybridized carbons (Fsp3) is 0.462. The van der Waals surface area contributed by atoms with Crippen LogP contribution in [0.5, 0.6) is 0 Å². The second-order valence-corrected chi connectivity index (χ2v) is 5.57. The van der Waals surface area contributed by atoms with E-state index in [-0.39, 0.29) is 24.8 Å². The molecule has 0 saturated carbocycles. The van der Waals surface area contributed by atoms with Gasteiger partial charge in [-0.05, 0) is 18.4 Å². The van der Waals surface area contributed by atoms with Gasteiger partial charge >= 0.3 is 0 Å². The first-order chi connectivity index (χ1) is 8.83. The number of thiophene rings is 1. The molecule has 0 radical (unpaired) electrons. The maximum absolute atomic E-state index is 5.82. The summed E-state index contributed by atoms with van der Waals surface area (Å²) in [5, 5.41) is 5.44. The summed E-state index contributed by atoms with van der Waals surface area (Å²) in [5.74, 6) is 1.69. The third-order valence-electron chi connectivity index (χ3n) is 3.29. The molecule has 112 valence electrons. The van der Waals surface area contributed by atoms with E-state index in [4.69, 9.17) is 4.42 Å². The quantitative estimate of drug-likeness (QED) is 0.935. The van der Waals surface area contributed by atoms with Crippen molar-refractivity contribution < 1.29 is 4.42 Å². The molecule has 1 aliphatic heterocycles. The molecule has 4 nitrogen and oxygen atoms in total. The summed E-state index contributed by atoms with van der Waals surface area (Å²) < 4.78 is 5.82. The van der Waals surface area contributed by atoms with E-state index in [2.05, 4.69) is 33.6 Å². The highest BCUT2D eigenvalue weighted by Gasteiger charge is 2.20. The number of hydrogen-bond donors (Lipinski definition) is 1. The van der Waals surface area contributed by atoms with Crippen LogP contribution in [0.25, 0.3) is 10.6 Å². The van der Waals surface area contributed by atoms with Crippen LogP contribution in [0.3, 0.4) is 0 Å². The summed E-state index contributed by atoms with van der Waals surface area (Å²) in [6.45, 7) is 6.17. The Morgan fingerprint density at radius 2 is 2.35 bits per heavy atom. The number of piperazine rings is 1. The molecule has 1 fully saturated rings. The van der Waals surface area contributed by atoms with Crippen LogP contribution in [0.1, 0.15) is 12.8 Å². The lowest BCUT2D eigenvalue weighted by Gasteiger charge is -2.32. The van der Waals surface area contributed by atoms with Gasteiger partial charge in [0.1, 0.15) is 0 Å². The normalized spacial score (nSPS) is 19.1. The van der Waals surface area contributed by atoms with Crippen LogP contribution >= 0.6 is 36.2 Å². The van der Waals surface area contributed by atoms with Crippen LogP contribution in [-0.2, 0) is 6.54 Å². The minimum atomic E-state index is 0. The Labute approximate surface area is 135 Å². The highest BCUT2D eigenvalue weighted by molar-refractivity contribution is 7.13. The van der Waals surface area contributed by atoms with E-state index >= 15 is 0 Å². The van der Waals surface area contributed by atoms with E-state index in [1.165, 1.54) is 0 Å². The summed E-state index contributed by atoms with van der Waals surface area (Å²) in [6, 6.07) is 4.62. The molecule has 1 saturated heterocycles. The Bertz CT molecular complexity index is 503. The van der Waals surface area contributed by atoms with Crippen molar-refractivity contribution in [2.75, 3.05) is 19.6 Å². The average molecular weight is 336 g/mol. The van der Waals surface area contributed by atoms with Gasteiger partial charge in [-0.15, -0.1) is 36.2 Å². The standard InChI is InChI=1S/C13H17N3OS.2ClH/c1-10-7-14-4-5-16(10)9-13-15-8-11(17-13)12-3-2-6-18-12;;/h2-3,6,8,10,14H,4-5,7,9H2,1H3;2*1H/t10-;;/m1../s1. The molecule has 3 rings (SSSR count). The van der Waals surface area contributed by atoms with Crippen molar-refractivity contribution in [1.29, 1.82) is 0 Å². The maximum atomic E-state index is 5.82. The van der Waals surface area contributed by atoms with Crippen LogP contribution in [-0.4, -0.2) is 35.6 Å². The van der Waals surface area contributed by atoms with Crippen LogP contribution in [0, 0.1) is 0 Å². The van der Waals surface area contributed by atoms with Crippen LogP contribution in [0.4, 0.5) is 0 Å². The molecule has 0 unspecified atom stereocenters. The summed E-state index contributed by atoms with van der Waals surface area (Å²) in [7, 11) is 0. The number of nitrogens with zero attached hydrogens (tertiary/aromatic N) is 2. The maximum Gasteiger partial charge on any atom is 0.209 e.